The SMILES string of the molecule is CCOc1cc(/C=C2\SC(=S)N(Cc3cccnc3)C2=O)ccc1OCc1cccc(F)c1. The van der Waals surface area contributed by atoms with Crippen molar-refractivity contribution in [3.63, 3.8) is 0 Å². The summed E-state index contributed by atoms with van der Waals surface area (Å²) in [6, 6.07) is 15.5. The molecule has 2 heterocycles. The summed E-state index contributed by atoms with van der Waals surface area (Å²) in [4.78, 5) is 19.1. The second kappa shape index (κ2) is 10.6. The zero-order valence-corrected chi connectivity index (χ0v) is 19.5. The van der Waals surface area contributed by atoms with Gasteiger partial charge in [0.15, 0.2) is 11.5 Å². The number of carbonyl (C=O) groups excluding carboxylic acids is 1. The first-order valence-corrected chi connectivity index (χ1v) is 11.5. The van der Waals surface area contributed by atoms with Gasteiger partial charge in [-0.2, -0.15) is 0 Å². The fraction of sp³-hybridized carbons (Fsp3) is 0.160. The van der Waals surface area contributed by atoms with Crippen molar-refractivity contribution in [1.82, 2.24) is 9.88 Å². The predicted molar refractivity (Wildman–Crippen MR) is 131 cm³/mol. The summed E-state index contributed by atoms with van der Waals surface area (Å²) in [7, 11) is 0. The first-order valence-electron chi connectivity index (χ1n) is 10.3. The molecule has 1 aliphatic heterocycles. The summed E-state index contributed by atoms with van der Waals surface area (Å²) in [5.41, 5.74) is 2.42. The molecule has 8 heteroatoms. The summed E-state index contributed by atoms with van der Waals surface area (Å²) < 4.78 is 25.5. The van der Waals surface area contributed by atoms with E-state index in [4.69, 9.17) is 21.7 Å². The summed E-state index contributed by atoms with van der Waals surface area (Å²) in [6.45, 7) is 2.93. The quantitative estimate of drug-likeness (QED) is 0.309. The fourth-order valence-corrected chi connectivity index (χ4v) is 4.51. The van der Waals surface area contributed by atoms with Gasteiger partial charge in [-0.3, -0.25) is 14.7 Å². The molecule has 33 heavy (non-hydrogen) atoms. The Labute approximate surface area is 201 Å². The monoisotopic (exact) mass is 480 g/mol. The third-order valence-electron chi connectivity index (χ3n) is 4.79. The average molecular weight is 481 g/mol. The smallest absolute Gasteiger partial charge is 0.266 e. The number of amides is 1. The summed E-state index contributed by atoms with van der Waals surface area (Å²) >= 11 is 6.69. The van der Waals surface area contributed by atoms with Gasteiger partial charge < -0.3 is 9.47 Å². The number of rotatable bonds is 8. The van der Waals surface area contributed by atoms with E-state index in [9.17, 15) is 9.18 Å². The minimum Gasteiger partial charge on any atom is -0.490 e. The van der Waals surface area contributed by atoms with Crippen LogP contribution in [0.2, 0.25) is 0 Å². The van der Waals surface area contributed by atoms with Crippen LogP contribution in [0, 0.1) is 5.82 Å². The van der Waals surface area contributed by atoms with Crippen LogP contribution in [-0.4, -0.2) is 26.7 Å². The van der Waals surface area contributed by atoms with Gasteiger partial charge in [0.05, 0.1) is 18.1 Å². The number of aromatic nitrogens is 1. The van der Waals surface area contributed by atoms with Crippen molar-refractivity contribution in [2.24, 2.45) is 0 Å². The van der Waals surface area contributed by atoms with Crippen LogP contribution < -0.4 is 9.47 Å². The summed E-state index contributed by atoms with van der Waals surface area (Å²) in [5.74, 6) is 0.645. The second-order valence-corrected chi connectivity index (χ2v) is 8.86. The average Bonchev–Trinajstić information content (AvgIpc) is 3.07. The van der Waals surface area contributed by atoms with Crippen LogP contribution >= 0.6 is 24.0 Å². The molecular weight excluding hydrogens is 459 g/mol. The summed E-state index contributed by atoms with van der Waals surface area (Å²) in [5, 5.41) is 0. The van der Waals surface area contributed by atoms with Gasteiger partial charge in [-0.25, -0.2) is 4.39 Å². The maximum Gasteiger partial charge on any atom is 0.266 e. The number of hydrogen-bond donors (Lipinski definition) is 0. The van der Waals surface area contributed by atoms with Gasteiger partial charge in [0.2, 0.25) is 0 Å². The Morgan fingerprint density at radius 1 is 1.09 bits per heavy atom. The minimum atomic E-state index is -0.308. The molecule has 0 atom stereocenters. The third kappa shape index (κ3) is 5.77. The molecule has 1 amide bonds. The molecule has 1 fully saturated rings. The number of hydrogen-bond acceptors (Lipinski definition) is 6. The highest BCUT2D eigenvalue weighted by molar-refractivity contribution is 8.26. The molecule has 0 aliphatic carbocycles. The molecule has 0 radical (unpaired) electrons. The van der Waals surface area contributed by atoms with Crippen molar-refractivity contribution < 1.29 is 18.7 Å². The van der Waals surface area contributed by atoms with Crippen LogP contribution in [0.5, 0.6) is 11.5 Å². The molecule has 1 aliphatic rings. The van der Waals surface area contributed by atoms with E-state index in [0.29, 0.717) is 33.9 Å². The molecule has 0 bridgehead atoms. The zero-order valence-electron chi connectivity index (χ0n) is 17.9. The van der Waals surface area contributed by atoms with Gasteiger partial charge >= 0.3 is 0 Å². The lowest BCUT2D eigenvalue weighted by atomic mass is 10.1. The van der Waals surface area contributed by atoms with Crippen LogP contribution in [0.25, 0.3) is 6.08 Å². The van der Waals surface area contributed by atoms with E-state index >= 15 is 0 Å². The Balaban J connectivity index is 1.50. The Kier molecular flexibility index (Phi) is 7.36. The number of ether oxygens (including phenoxy) is 2. The van der Waals surface area contributed by atoms with E-state index in [1.54, 1.807) is 41.6 Å². The minimum absolute atomic E-state index is 0.141. The lowest BCUT2D eigenvalue weighted by Gasteiger charge is -2.14. The standard InChI is InChI=1S/C25H21FN2O3S2/c1-2-30-22-12-17(8-9-21(22)31-16-18-5-3-7-20(26)11-18)13-23-24(29)28(25(32)33-23)15-19-6-4-10-27-14-19/h3-14H,2,15-16H2,1H3/b23-13-. The Morgan fingerprint density at radius 3 is 2.70 bits per heavy atom. The van der Waals surface area contributed by atoms with Crippen molar-refractivity contribution in [3.05, 3.63) is 94.4 Å². The molecule has 4 rings (SSSR count). The highest BCUT2D eigenvalue weighted by Crippen LogP contribution is 2.35. The van der Waals surface area contributed by atoms with Gasteiger partial charge in [-0.15, -0.1) is 0 Å². The molecule has 5 nitrogen and oxygen atoms in total. The first-order chi connectivity index (χ1) is 16.0. The highest BCUT2D eigenvalue weighted by atomic mass is 32.2. The number of pyridine rings is 1. The first kappa shape index (κ1) is 22.9. The lowest BCUT2D eigenvalue weighted by Crippen LogP contribution is -2.27. The number of thiocarbonyl (C=S) groups is 1. The number of carbonyl (C=O) groups is 1. The van der Waals surface area contributed by atoms with Gasteiger partial charge in [0.25, 0.3) is 5.91 Å². The van der Waals surface area contributed by atoms with Crippen LogP contribution in [0.15, 0.2) is 71.9 Å². The van der Waals surface area contributed by atoms with Crippen molar-refractivity contribution >= 4 is 40.3 Å². The molecular formula is C25H21FN2O3S2. The number of halogens is 1. The molecule has 2 aromatic carbocycles. The zero-order chi connectivity index (χ0) is 23.2. The van der Waals surface area contributed by atoms with Crippen LogP contribution in [-0.2, 0) is 17.9 Å². The number of thioether (sulfide) groups is 1. The van der Waals surface area contributed by atoms with Crippen molar-refractivity contribution in [1.29, 1.82) is 0 Å². The van der Waals surface area contributed by atoms with E-state index in [-0.39, 0.29) is 18.3 Å². The molecule has 168 valence electrons. The molecule has 1 aromatic heterocycles. The van der Waals surface area contributed by atoms with Gasteiger partial charge in [-0.1, -0.05) is 48.2 Å². The molecule has 3 aromatic rings. The Hall–Kier alpha value is -3.23. The van der Waals surface area contributed by atoms with Crippen molar-refractivity contribution in [2.45, 2.75) is 20.1 Å². The second-order valence-electron chi connectivity index (χ2n) is 7.19. The predicted octanol–water partition coefficient (Wildman–Crippen LogP) is 5.60. The maximum atomic E-state index is 13.4. The fourth-order valence-electron chi connectivity index (χ4n) is 3.25. The summed E-state index contributed by atoms with van der Waals surface area (Å²) in [6.07, 6.45) is 5.20. The van der Waals surface area contributed by atoms with E-state index < -0.39 is 0 Å². The van der Waals surface area contributed by atoms with Crippen molar-refractivity contribution in [3.8, 4) is 11.5 Å². The topological polar surface area (TPSA) is 51.7 Å². The number of benzene rings is 2. The number of nitrogens with zero attached hydrogens (tertiary/aromatic N) is 2. The van der Waals surface area contributed by atoms with E-state index in [0.717, 1.165) is 16.7 Å². The molecule has 0 unspecified atom stereocenters. The van der Waals surface area contributed by atoms with E-state index in [1.165, 1.54) is 23.9 Å². The van der Waals surface area contributed by atoms with Gasteiger partial charge in [0, 0.05) is 12.4 Å². The lowest BCUT2D eigenvalue weighted by molar-refractivity contribution is -0.122. The molecule has 0 N–H and O–H groups in total. The van der Waals surface area contributed by atoms with E-state index in [2.05, 4.69) is 4.98 Å². The van der Waals surface area contributed by atoms with Crippen LogP contribution in [0.4, 0.5) is 4.39 Å². The Morgan fingerprint density at radius 2 is 1.94 bits per heavy atom. The van der Waals surface area contributed by atoms with Crippen LogP contribution in [0.3, 0.4) is 0 Å². The highest BCUT2D eigenvalue weighted by Gasteiger charge is 2.32. The molecule has 1 saturated heterocycles. The largest absolute Gasteiger partial charge is 0.490 e. The molecule has 0 spiro atoms. The van der Waals surface area contributed by atoms with Crippen LogP contribution in [0.1, 0.15) is 23.6 Å². The van der Waals surface area contributed by atoms with Gasteiger partial charge in [-0.05, 0) is 60.0 Å². The molecule has 0 saturated carbocycles. The Bertz CT molecular complexity index is 1200. The maximum absolute atomic E-state index is 13.4. The normalized spacial score (nSPS) is 14.7. The van der Waals surface area contributed by atoms with Gasteiger partial charge in [0.1, 0.15) is 16.7 Å². The third-order valence-corrected chi connectivity index (χ3v) is 6.16. The van der Waals surface area contributed by atoms with Crippen molar-refractivity contribution in [2.75, 3.05) is 6.61 Å². The van der Waals surface area contributed by atoms with E-state index in [1.807, 2.05) is 31.2 Å².